The smallest absolute Gasteiger partial charge is 0.243 e. The lowest BCUT2D eigenvalue weighted by atomic mass is 9.65. The van der Waals surface area contributed by atoms with Gasteiger partial charge in [-0.2, -0.15) is 5.26 Å². The van der Waals surface area contributed by atoms with Gasteiger partial charge in [-0.25, -0.2) is 0 Å². The largest absolute Gasteiger partial charge is 0.763 e. The van der Waals surface area contributed by atoms with Crippen molar-refractivity contribution in [2.45, 2.75) is 12.3 Å². The molecule has 4 nitrogen and oxygen atoms in total. The van der Waals surface area contributed by atoms with E-state index in [4.69, 9.17) is 12.2 Å². The predicted octanol–water partition coefficient (Wildman–Crippen LogP) is 1.71. The van der Waals surface area contributed by atoms with Crippen LogP contribution in [0.15, 0.2) is 35.9 Å². The first kappa shape index (κ1) is 13.2. The van der Waals surface area contributed by atoms with Crippen LogP contribution in [0.3, 0.4) is 0 Å². The number of amides is 1. The number of rotatable bonds is 1. The molecule has 19 heavy (non-hydrogen) atoms. The van der Waals surface area contributed by atoms with Crippen molar-refractivity contribution in [2.24, 2.45) is 5.92 Å². The van der Waals surface area contributed by atoms with Gasteiger partial charge in [0.15, 0.2) is 0 Å². The Bertz CT molecular complexity index is 640. The first-order chi connectivity index (χ1) is 9.05. The molecular weight excluding hydrogens is 258 g/mol. The van der Waals surface area contributed by atoms with E-state index in [1.807, 2.05) is 18.0 Å². The zero-order valence-electron chi connectivity index (χ0n) is 10.2. The van der Waals surface area contributed by atoms with E-state index >= 15 is 0 Å². The van der Waals surface area contributed by atoms with Crippen LogP contribution in [0.25, 0.3) is 5.41 Å². The molecule has 0 spiro atoms. The third-order valence-electron chi connectivity index (χ3n) is 3.44. The Hall–Kier alpha value is -2.28. The van der Waals surface area contributed by atoms with Gasteiger partial charge in [0, 0.05) is 5.57 Å². The van der Waals surface area contributed by atoms with Gasteiger partial charge in [-0.15, -0.1) is 0 Å². The van der Waals surface area contributed by atoms with Crippen molar-refractivity contribution in [1.82, 2.24) is 5.32 Å². The van der Waals surface area contributed by atoms with Gasteiger partial charge in [-0.1, -0.05) is 42.5 Å². The van der Waals surface area contributed by atoms with Gasteiger partial charge in [0.25, 0.3) is 0 Å². The number of hydrogen-bond acceptors (Lipinski definition) is 3. The van der Waals surface area contributed by atoms with Crippen LogP contribution < -0.4 is 5.32 Å². The Labute approximate surface area is 116 Å². The Morgan fingerprint density at radius 2 is 2.05 bits per heavy atom. The van der Waals surface area contributed by atoms with Crippen LogP contribution in [-0.4, -0.2) is 16.8 Å². The summed E-state index contributed by atoms with van der Waals surface area (Å²) in [7, 11) is 0. The molecule has 1 aliphatic heterocycles. The molecule has 0 aliphatic carbocycles. The van der Waals surface area contributed by atoms with Gasteiger partial charge in [-0.05, 0) is 12.5 Å². The van der Waals surface area contributed by atoms with E-state index in [0.29, 0.717) is 0 Å². The van der Waals surface area contributed by atoms with Gasteiger partial charge < -0.3 is 10.7 Å². The van der Waals surface area contributed by atoms with Gasteiger partial charge >= 0.3 is 0 Å². The number of thiocarbonyl (C=S) groups is 1. The lowest BCUT2D eigenvalue weighted by molar-refractivity contribution is -0.123. The molecule has 1 aromatic rings. The van der Waals surface area contributed by atoms with Gasteiger partial charge in [0.05, 0.1) is 11.5 Å². The molecule has 94 valence electrons. The van der Waals surface area contributed by atoms with Crippen molar-refractivity contribution in [3.05, 3.63) is 46.9 Å². The van der Waals surface area contributed by atoms with Crippen LogP contribution in [0.4, 0.5) is 0 Å². The number of piperidine rings is 1. The molecule has 5 heteroatoms. The van der Waals surface area contributed by atoms with E-state index < -0.39 is 17.2 Å². The maximum Gasteiger partial charge on any atom is 0.243 e. The van der Waals surface area contributed by atoms with Crippen molar-refractivity contribution in [2.75, 3.05) is 0 Å². The van der Waals surface area contributed by atoms with Crippen molar-refractivity contribution in [3.8, 4) is 6.07 Å². The van der Waals surface area contributed by atoms with E-state index in [1.165, 1.54) is 0 Å². The van der Waals surface area contributed by atoms with Gasteiger partial charge in [0.2, 0.25) is 5.91 Å². The maximum atomic E-state index is 11.9. The summed E-state index contributed by atoms with van der Waals surface area (Å²) in [6.07, 6.45) is 0. The second-order valence-electron chi connectivity index (χ2n) is 4.44. The highest BCUT2D eigenvalue weighted by Crippen LogP contribution is 2.40. The summed E-state index contributed by atoms with van der Waals surface area (Å²) in [4.78, 5) is 12.0. The third-order valence-corrected chi connectivity index (χ3v) is 3.74. The number of nitriles is 1. The molecule has 1 aliphatic rings. The highest BCUT2D eigenvalue weighted by Gasteiger charge is 2.48. The summed E-state index contributed by atoms with van der Waals surface area (Å²) < 4.78 is 0. The normalized spacial score (nSPS) is 26.3. The average molecular weight is 268 g/mol. The summed E-state index contributed by atoms with van der Waals surface area (Å²) in [5, 5.41) is 21.0. The van der Waals surface area contributed by atoms with Crippen molar-refractivity contribution < 1.29 is 4.79 Å². The summed E-state index contributed by atoms with van der Waals surface area (Å²) >= 11 is 5.05. The topological polar surface area (TPSA) is 75.2 Å². The molecular formula is C14H10N3OS-. The first-order valence-corrected chi connectivity index (χ1v) is 6.04. The summed E-state index contributed by atoms with van der Waals surface area (Å²) in [6.45, 7) is 1.71. The molecule has 0 saturated carbocycles. The predicted molar refractivity (Wildman–Crippen MR) is 75.5 cm³/mol. The molecule has 2 atom stereocenters. The number of carbonyl (C=O) groups excluding carboxylic acids is 1. The van der Waals surface area contributed by atoms with Gasteiger partial charge in [0.1, 0.15) is 10.9 Å². The zero-order valence-corrected chi connectivity index (χ0v) is 11.0. The molecule has 2 rings (SSSR count). The number of hydrogen-bond donors (Lipinski definition) is 1. The van der Waals surface area contributed by atoms with Crippen LogP contribution in [0.1, 0.15) is 12.5 Å². The molecule has 1 N–H and O–H groups in total. The SMILES string of the molecule is C[C@@]1(c2ccccc2)C(=C=[N-])C(=S)NC(=O)[C@H]1C#N. The fourth-order valence-corrected chi connectivity index (χ4v) is 2.70. The first-order valence-electron chi connectivity index (χ1n) is 5.63. The van der Waals surface area contributed by atoms with E-state index in [0.717, 1.165) is 5.56 Å². The molecule has 1 heterocycles. The van der Waals surface area contributed by atoms with Crippen LogP contribution in [0.5, 0.6) is 0 Å². The molecule has 1 aromatic carbocycles. The summed E-state index contributed by atoms with van der Waals surface area (Å²) in [6, 6.07) is 11.0. The maximum absolute atomic E-state index is 11.9. The lowest BCUT2D eigenvalue weighted by Crippen LogP contribution is -2.54. The molecule has 0 radical (unpaired) electrons. The minimum absolute atomic E-state index is 0.102. The van der Waals surface area contributed by atoms with Gasteiger partial charge in [-0.3, -0.25) is 10.7 Å². The van der Waals surface area contributed by atoms with E-state index in [9.17, 15) is 15.5 Å². The monoisotopic (exact) mass is 268 g/mol. The Balaban J connectivity index is 2.72. The molecule has 1 amide bonds. The third kappa shape index (κ3) is 1.88. The highest BCUT2D eigenvalue weighted by molar-refractivity contribution is 7.80. The van der Waals surface area contributed by atoms with Crippen LogP contribution >= 0.6 is 12.2 Å². The Kier molecular flexibility index (Phi) is 3.30. The highest BCUT2D eigenvalue weighted by atomic mass is 32.1. The number of nitrogens with one attached hydrogen (secondary N) is 1. The molecule has 1 saturated heterocycles. The second-order valence-corrected chi connectivity index (χ2v) is 4.84. The fraction of sp³-hybridized carbons (Fsp3) is 0.214. The number of nitrogens with zero attached hydrogens (tertiary/aromatic N) is 2. The van der Waals surface area contributed by atoms with Crippen molar-refractivity contribution >= 4 is 29.0 Å². The standard InChI is InChI=1S/C14H10N3OS/c1-14(9-5-3-2-4-6-9)10(7-15)12(18)17-13(19)11(14)8-16/h2-6,10H,1H3,(H,17,18,19)/q-1/t10-,14+/m1/s1. The summed E-state index contributed by atoms with van der Waals surface area (Å²) in [5.74, 6) is 0.601. The van der Waals surface area contributed by atoms with E-state index in [1.54, 1.807) is 31.2 Å². The fourth-order valence-electron chi connectivity index (χ4n) is 2.34. The van der Waals surface area contributed by atoms with E-state index in [-0.39, 0.29) is 10.6 Å². The lowest BCUT2D eigenvalue weighted by Gasteiger charge is -2.39. The van der Waals surface area contributed by atoms with Crippen LogP contribution in [0.2, 0.25) is 0 Å². The molecule has 1 fully saturated rings. The summed E-state index contributed by atoms with van der Waals surface area (Å²) in [5.41, 5.74) is -0.0281. The molecule has 0 aromatic heterocycles. The van der Waals surface area contributed by atoms with Crippen LogP contribution in [-0.2, 0) is 10.2 Å². The molecule has 0 unspecified atom stereocenters. The average Bonchev–Trinajstić information content (AvgIpc) is 2.40. The van der Waals surface area contributed by atoms with Crippen molar-refractivity contribution in [1.29, 1.82) is 5.26 Å². The quantitative estimate of drug-likeness (QED) is 0.478. The van der Waals surface area contributed by atoms with E-state index in [2.05, 4.69) is 5.32 Å². The zero-order chi connectivity index (χ0) is 14.0. The van der Waals surface area contributed by atoms with Crippen molar-refractivity contribution in [3.63, 3.8) is 0 Å². The second kappa shape index (κ2) is 4.77. The minimum atomic E-state index is -1.01. The minimum Gasteiger partial charge on any atom is -0.763 e. The Morgan fingerprint density at radius 3 is 2.58 bits per heavy atom. The molecule has 0 bridgehead atoms. The van der Waals surface area contributed by atoms with Crippen LogP contribution in [0, 0.1) is 17.2 Å². The number of carbonyl (C=O) groups is 1. The number of benzene rings is 1. The Morgan fingerprint density at radius 1 is 1.42 bits per heavy atom.